The van der Waals surface area contributed by atoms with Crippen LogP contribution in [0.15, 0.2) is 18.2 Å². The van der Waals surface area contributed by atoms with E-state index in [2.05, 4.69) is 24.1 Å². The van der Waals surface area contributed by atoms with E-state index in [9.17, 15) is 4.39 Å². The van der Waals surface area contributed by atoms with Crippen LogP contribution in [0.2, 0.25) is 0 Å². The standard InChI is InChI=1S/C17H27FN2O/c1-13(2)10-19-11-15-16(18)7-4-8-17(15)20-9-5-6-14(12-20)21-3/h4,7-8,13-14,19H,5-6,9-12H2,1-3H3. The van der Waals surface area contributed by atoms with Gasteiger partial charge in [-0.3, -0.25) is 0 Å². The molecule has 1 aromatic rings. The fourth-order valence-corrected chi connectivity index (χ4v) is 2.85. The van der Waals surface area contributed by atoms with E-state index >= 15 is 0 Å². The minimum Gasteiger partial charge on any atom is -0.380 e. The maximum absolute atomic E-state index is 14.2. The van der Waals surface area contributed by atoms with E-state index in [-0.39, 0.29) is 11.9 Å². The van der Waals surface area contributed by atoms with Crippen LogP contribution in [0.25, 0.3) is 0 Å². The highest BCUT2D eigenvalue weighted by Crippen LogP contribution is 2.27. The molecule has 0 bridgehead atoms. The van der Waals surface area contributed by atoms with Crippen molar-refractivity contribution >= 4 is 5.69 Å². The SMILES string of the molecule is COC1CCCN(c2cccc(F)c2CNCC(C)C)C1. The molecule has 1 aliphatic rings. The molecule has 1 aromatic carbocycles. The van der Waals surface area contributed by atoms with E-state index in [1.165, 1.54) is 0 Å². The van der Waals surface area contributed by atoms with Gasteiger partial charge in [0.25, 0.3) is 0 Å². The van der Waals surface area contributed by atoms with Gasteiger partial charge in [-0.25, -0.2) is 4.39 Å². The Labute approximate surface area is 127 Å². The van der Waals surface area contributed by atoms with Crippen molar-refractivity contribution in [2.45, 2.75) is 39.3 Å². The third-order valence-electron chi connectivity index (χ3n) is 4.00. The summed E-state index contributed by atoms with van der Waals surface area (Å²) in [6.45, 7) is 7.60. The zero-order valence-electron chi connectivity index (χ0n) is 13.4. The van der Waals surface area contributed by atoms with Gasteiger partial charge in [0.2, 0.25) is 0 Å². The Morgan fingerprint density at radius 2 is 2.24 bits per heavy atom. The van der Waals surface area contributed by atoms with Crippen molar-refractivity contribution in [2.24, 2.45) is 5.92 Å². The van der Waals surface area contributed by atoms with Crippen molar-refractivity contribution in [3.63, 3.8) is 0 Å². The molecule has 4 heteroatoms. The summed E-state index contributed by atoms with van der Waals surface area (Å²) in [7, 11) is 1.75. The number of benzene rings is 1. The first-order valence-corrected chi connectivity index (χ1v) is 7.87. The van der Waals surface area contributed by atoms with Crippen LogP contribution in [0.4, 0.5) is 10.1 Å². The van der Waals surface area contributed by atoms with Gasteiger partial charge >= 0.3 is 0 Å². The van der Waals surface area contributed by atoms with Crippen molar-refractivity contribution < 1.29 is 9.13 Å². The average molecular weight is 294 g/mol. The fourth-order valence-electron chi connectivity index (χ4n) is 2.85. The van der Waals surface area contributed by atoms with E-state index in [1.807, 2.05) is 6.07 Å². The lowest BCUT2D eigenvalue weighted by atomic mass is 10.0. The van der Waals surface area contributed by atoms with Crippen LogP contribution in [0.1, 0.15) is 32.3 Å². The van der Waals surface area contributed by atoms with Gasteiger partial charge in [0.15, 0.2) is 0 Å². The number of hydrogen-bond acceptors (Lipinski definition) is 3. The first-order valence-electron chi connectivity index (χ1n) is 7.87. The number of anilines is 1. The highest BCUT2D eigenvalue weighted by Gasteiger charge is 2.22. The molecule has 1 saturated heterocycles. The highest BCUT2D eigenvalue weighted by molar-refractivity contribution is 5.54. The number of methoxy groups -OCH3 is 1. The summed E-state index contributed by atoms with van der Waals surface area (Å²) in [5.41, 5.74) is 1.78. The molecule has 1 aliphatic heterocycles. The molecule has 0 aliphatic carbocycles. The Morgan fingerprint density at radius 3 is 2.95 bits per heavy atom. The molecule has 1 atom stereocenters. The average Bonchev–Trinajstić information content (AvgIpc) is 2.48. The van der Waals surface area contributed by atoms with Crippen molar-refractivity contribution in [2.75, 3.05) is 31.6 Å². The summed E-state index contributed by atoms with van der Waals surface area (Å²) in [6.07, 6.45) is 2.43. The summed E-state index contributed by atoms with van der Waals surface area (Å²) in [5, 5.41) is 3.35. The van der Waals surface area contributed by atoms with Crippen molar-refractivity contribution in [1.82, 2.24) is 5.32 Å². The van der Waals surface area contributed by atoms with Gasteiger partial charge in [0, 0.05) is 38.0 Å². The molecule has 0 spiro atoms. The van der Waals surface area contributed by atoms with Crippen LogP contribution in [-0.4, -0.2) is 32.8 Å². The maximum atomic E-state index is 14.2. The van der Waals surface area contributed by atoms with Crippen LogP contribution in [0.3, 0.4) is 0 Å². The molecule has 1 N–H and O–H groups in total. The Kier molecular flexibility index (Phi) is 6.00. The molecule has 21 heavy (non-hydrogen) atoms. The summed E-state index contributed by atoms with van der Waals surface area (Å²) in [5.74, 6) is 0.441. The van der Waals surface area contributed by atoms with E-state index in [1.54, 1.807) is 19.2 Å². The number of piperidine rings is 1. The van der Waals surface area contributed by atoms with Crippen molar-refractivity contribution in [3.05, 3.63) is 29.6 Å². The van der Waals surface area contributed by atoms with Crippen LogP contribution >= 0.6 is 0 Å². The number of ether oxygens (including phenoxy) is 1. The number of hydrogen-bond donors (Lipinski definition) is 1. The number of nitrogens with one attached hydrogen (secondary N) is 1. The van der Waals surface area contributed by atoms with E-state index in [4.69, 9.17) is 4.74 Å². The lowest BCUT2D eigenvalue weighted by Gasteiger charge is -2.35. The molecule has 0 aromatic heterocycles. The number of rotatable bonds is 6. The lowest BCUT2D eigenvalue weighted by molar-refractivity contribution is 0.0893. The largest absolute Gasteiger partial charge is 0.380 e. The number of nitrogens with zero attached hydrogens (tertiary/aromatic N) is 1. The molecule has 0 amide bonds. The Balaban J connectivity index is 2.12. The van der Waals surface area contributed by atoms with Crippen molar-refractivity contribution in [1.29, 1.82) is 0 Å². The second kappa shape index (κ2) is 7.76. The molecule has 1 heterocycles. The molecule has 2 rings (SSSR count). The zero-order valence-corrected chi connectivity index (χ0v) is 13.4. The minimum atomic E-state index is -0.122. The predicted molar refractivity (Wildman–Crippen MR) is 85.2 cm³/mol. The molecular weight excluding hydrogens is 267 g/mol. The highest BCUT2D eigenvalue weighted by atomic mass is 19.1. The Morgan fingerprint density at radius 1 is 1.43 bits per heavy atom. The summed E-state index contributed by atoms with van der Waals surface area (Å²) < 4.78 is 19.7. The third-order valence-corrected chi connectivity index (χ3v) is 4.00. The molecule has 1 fully saturated rings. The normalized spacial score (nSPS) is 19.3. The topological polar surface area (TPSA) is 24.5 Å². The Hall–Kier alpha value is -1.13. The van der Waals surface area contributed by atoms with Gasteiger partial charge in [-0.15, -0.1) is 0 Å². The van der Waals surface area contributed by atoms with Crippen LogP contribution in [-0.2, 0) is 11.3 Å². The Bertz CT molecular complexity index is 450. The van der Waals surface area contributed by atoms with Gasteiger partial charge in [-0.2, -0.15) is 0 Å². The fraction of sp³-hybridized carbons (Fsp3) is 0.647. The van der Waals surface area contributed by atoms with Gasteiger partial charge < -0.3 is 15.0 Å². The predicted octanol–water partition coefficient (Wildman–Crippen LogP) is 3.19. The quantitative estimate of drug-likeness (QED) is 0.872. The van der Waals surface area contributed by atoms with E-state index < -0.39 is 0 Å². The van der Waals surface area contributed by atoms with Gasteiger partial charge in [0.1, 0.15) is 5.82 Å². The third kappa shape index (κ3) is 4.42. The van der Waals surface area contributed by atoms with Crippen molar-refractivity contribution in [3.8, 4) is 0 Å². The second-order valence-corrected chi connectivity index (χ2v) is 6.21. The van der Waals surface area contributed by atoms with Crippen LogP contribution in [0, 0.1) is 11.7 Å². The molecule has 118 valence electrons. The lowest BCUT2D eigenvalue weighted by Crippen LogP contribution is -2.40. The number of halogens is 1. The molecule has 0 saturated carbocycles. The molecule has 3 nitrogen and oxygen atoms in total. The summed E-state index contributed by atoms with van der Waals surface area (Å²) in [4.78, 5) is 2.26. The molecule has 0 radical (unpaired) electrons. The van der Waals surface area contributed by atoms with Crippen LogP contribution < -0.4 is 10.2 Å². The minimum absolute atomic E-state index is 0.122. The monoisotopic (exact) mass is 294 g/mol. The second-order valence-electron chi connectivity index (χ2n) is 6.21. The van der Waals surface area contributed by atoms with Gasteiger partial charge in [-0.05, 0) is 37.4 Å². The summed E-state index contributed by atoms with van der Waals surface area (Å²) >= 11 is 0. The first kappa shape index (κ1) is 16.2. The first-order chi connectivity index (χ1) is 10.1. The zero-order chi connectivity index (χ0) is 15.2. The smallest absolute Gasteiger partial charge is 0.129 e. The molecule has 1 unspecified atom stereocenters. The van der Waals surface area contributed by atoms with Gasteiger partial charge in [-0.1, -0.05) is 19.9 Å². The maximum Gasteiger partial charge on any atom is 0.129 e. The van der Waals surface area contributed by atoms with E-state index in [0.29, 0.717) is 12.5 Å². The van der Waals surface area contributed by atoms with Gasteiger partial charge in [0.05, 0.1) is 6.10 Å². The summed E-state index contributed by atoms with van der Waals surface area (Å²) in [6, 6.07) is 5.37. The molecular formula is C17H27FN2O. The van der Waals surface area contributed by atoms with Crippen LogP contribution in [0.5, 0.6) is 0 Å². The van der Waals surface area contributed by atoms with E-state index in [0.717, 1.165) is 43.7 Å².